The van der Waals surface area contributed by atoms with E-state index in [1.807, 2.05) is 29.7 Å². The minimum Gasteiger partial charge on any atom is -0.380 e. The Balaban J connectivity index is 1.69. The highest BCUT2D eigenvalue weighted by molar-refractivity contribution is 5.91. The molecule has 0 radical (unpaired) electrons. The maximum absolute atomic E-state index is 12.8. The third-order valence-corrected chi connectivity index (χ3v) is 4.17. The average molecular weight is 344 g/mol. The summed E-state index contributed by atoms with van der Waals surface area (Å²) < 4.78 is 7.78. The zero-order valence-corrected chi connectivity index (χ0v) is 14.7. The van der Waals surface area contributed by atoms with E-state index in [1.54, 1.807) is 12.4 Å². The number of carbonyl (C=O) groups excluding carboxylic acids is 1. The van der Waals surface area contributed by atoms with Crippen LogP contribution in [-0.4, -0.2) is 75.9 Å². The summed E-state index contributed by atoms with van der Waals surface area (Å²) in [6, 6.07) is 1.95. The lowest BCUT2D eigenvalue weighted by atomic mass is 10.1. The van der Waals surface area contributed by atoms with Gasteiger partial charge in [-0.3, -0.25) is 14.5 Å². The molecule has 0 fully saturated rings. The van der Waals surface area contributed by atoms with Crippen LogP contribution in [0.25, 0.3) is 0 Å². The molecular weight excluding hydrogens is 320 g/mol. The van der Waals surface area contributed by atoms with Gasteiger partial charge in [0.15, 0.2) is 0 Å². The van der Waals surface area contributed by atoms with Crippen molar-refractivity contribution in [2.45, 2.75) is 13.1 Å². The van der Waals surface area contributed by atoms with Crippen LogP contribution < -0.4 is 0 Å². The van der Waals surface area contributed by atoms with E-state index in [0.717, 1.165) is 18.8 Å². The first-order valence-electron chi connectivity index (χ1n) is 8.42. The number of hydrogen-bond acceptors (Lipinski definition) is 6. The van der Waals surface area contributed by atoms with Gasteiger partial charge in [-0.1, -0.05) is 0 Å². The number of amides is 1. The highest BCUT2D eigenvalue weighted by Gasteiger charge is 2.27. The molecular formula is C17H24N6O2. The molecule has 0 aromatic carbocycles. The van der Waals surface area contributed by atoms with E-state index < -0.39 is 0 Å². The summed E-state index contributed by atoms with van der Waals surface area (Å²) in [6.45, 7) is 4.02. The van der Waals surface area contributed by atoms with Crippen molar-refractivity contribution in [2.75, 3.05) is 40.4 Å². The van der Waals surface area contributed by atoms with Gasteiger partial charge >= 0.3 is 0 Å². The van der Waals surface area contributed by atoms with Gasteiger partial charge in [0.1, 0.15) is 5.69 Å². The molecule has 1 atom stereocenters. The first-order valence-corrected chi connectivity index (χ1v) is 8.42. The van der Waals surface area contributed by atoms with Gasteiger partial charge in [0.05, 0.1) is 31.6 Å². The van der Waals surface area contributed by atoms with Crippen molar-refractivity contribution in [3.8, 4) is 0 Å². The van der Waals surface area contributed by atoms with E-state index in [2.05, 4.69) is 20.0 Å². The standard InChI is InChI=1S/C17H24N6O2/c1-21(2)7-8-25-13-14-10-22(12-15-3-4-20-23(15)11-14)17(24)16-9-18-5-6-19-16/h3-6,9,14H,7-8,10-13H2,1-2H3/t14-/m0/s1. The second kappa shape index (κ2) is 8.17. The minimum atomic E-state index is -0.110. The monoisotopic (exact) mass is 344 g/mol. The lowest BCUT2D eigenvalue weighted by molar-refractivity contribution is 0.0556. The SMILES string of the molecule is CN(C)CCOC[C@H]1CN(C(=O)c2cnccn2)Cc2ccnn2C1. The molecule has 1 aliphatic heterocycles. The van der Waals surface area contributed by atoms with Crippen molar-refractivity contribution >= 4 is 5.91 Å². The van der Waals surface area contributed by atoms with Gasteiger partial charge < -0.3 is 14.5 Å². The number of nitrogens with zero attached hydrogens (tertiary/aromatic N) is 6. The molecule has 0 aliphatic carbocycles. The largest absolute Gasteiger partial charge is 0.380 e. The molecule has 8 nitrogen and oxygen atoms in total. The molecule has 2 aromatic rings. The molecule has 2 aromatic heterocycles. The van der Waals surface area contributed by atoms with E-state index >= 15 is 0 Å². The van der Waals surface area contributed by atoms with E-state index in [1.165, 1.54) is 12.4 Å². The van der Waals surface area contributed by atoms with Crippen LogP contribution in [0.4, 0.5) is 0 Å². The summed E-state index contributed by atoms with van der Waals surface area (Å²) in [7, 11) is 4.04. The zero-order valence-electron chi connectivity index (χ0n) is 14.7. The van der Waals surface area contributed by atoms with Crippen LogP contribution in [0.15, 0.2) is 30.9 Å². The topological polar surface area (TPSA) is 76.4 Å². The van der Waals surface area contributed by atoms with Crippen molar-refractivity contribution in [3.05, 3.63) is 42.2 Å². The third-order valence-electron chi connectivity index (χ3n) is 4.17. The normalized spacial score (nSPS) is 17.4. The van der Waals surface area contributed by atoms with Gasteiger partial charge in [0.2, 0.25) is 0 Å². The predicted molar refractivity (Wildman–Crippen MR) is 91.9 cm³/mol. The maximum atomic E-state index is 12.8. The van der Waals surface area contributed by atoms with Crippen LogP contribution >= 0.6 is 0 Å². The van der Waals surface area contributed by atoms with Gasteiger partial charge in [-0.15, -0.1) is 0 Å². The molecule has 3 heterocycles. The minimum absolute atomic E-state index is 0.110. The van der Waals surface area contributed by atoms with E-state index in [9.17, 15) is 4.79 Å². The second-order valence-electron chi connectivity index (χ2n) is 6.53. The number of ether oxygens (including phenoxy) is 1. The molecule has 1 aliphatic rings. The molecule has 25 heavy (non-hydrogen) atoms. The summed E-state index contributed by atoms with van der Waals surface area (Å²) in [5.74, 6) is 0.0741. The first-order chi connectivity index (χ1) is 12.1. The zero-order chi connectivity index (χ0) is 17.6. The van der Waals surface area contributed by atoms with E-state index in [0.29, 0.717) is 32.0 Å². The van der Waals surface area contributed by atoms with E-state index in [4.69, 9.17) is 4.74 Å². The Hall–Kier alpha value is -2.32. The number of rotatable bonds is 6. The highest BCUT2D eigenvalue weighted by Crippen LogP contribution is 2.18. The molecule has 0 spiro atoms. The fourth-order valence-electron chi connectivity index (χ4n) is 2.86. The predicted octanol–water partition coefficient (Wildman–Crippen LogP) is 0.524. The Kier molecular flexibility index (Phi) is 5.72. The van der Waals surface area contributed by atoms with Crippen LogP contribution in [0.2, 0.25) is 0 Å². The lowest BCUT2D eigenvalue weighted by Crippen LogP contribution is -2.36. The molecule has 0 unspecified atom stereocenters. The van der Waals surface area contributed by atoms with Gasteiger partial charge in [-0.05, 0) is 20.2 Å². The summed E-state index contributed by atoms with van der Waals surface area (Å²) >= 11 is 0. The van der Waals surface area contributed by atoms with Crippen LogP contribution in [0.1, 0.15) is 16.2 Å². The summed E-state index contributed by atoms with van der Waals surface area (Å²) in [4.78, 5) is 24.8. The number of hydrogen-bond donors (Lipinski definition) is 0. The van der Waals surface area contributed by atoms with Crippen molar-refractivity contribution in [1.82, 2.24) is 29.5 Å². The Morgan fingerprint density at radius 3 is 2.96 bits per heavy atom. The fraction of sp³-hybridized carbons (Fsp3) is 0.529. The van der Waals surface area contributed by atoms with Gasteiger partial charge in [-0.25, -0.2) is 4.98 Å². The van der Waals surface area contributed by atoms with Crippen LogP contribution in [0, 0.1) is 5.92 Å². The first kappa shape index (κ1) is 17.5. The van der Waals surface area contributed by atoms with Crippen LogP contribution in [0.3, 0.4) is 0 Å². The number of aromatic nitrogens is 4. The van der Waals surface area contributed by atoms with Crippen LogP contribution in [0.5, 0.6) is 0 Å². The Labute approximate surface area is 147 Å². The van der Waals surface area contributed by atoms with Gasteiger partial charge in [-0.2, -0.15) is 5.10 Å². The molecule has 0 bridgehead atoms. The molecule has 1 amide bonds. The molecule has 0 saturated heterocycles. The van der Waals surface area contributed by atoms with E-state index in [-0.39, 0.29) is 11.8 Å². The lowest BCUT2D eigenvalue weighted by Gasteiger charge is -2.24. The van der Waals surface area contributed by atoms with Gasteiger partial charge in [0.25, 0.3) is 5.91 Å². The Morgan fingerprint density at radius 2 is 2.20 bits per heavy atom. The van der Waals surface area contributed by atoms with Crippen molar-refractivity contribution < 1.29 is 9.53 Å². The fourth-order valence-corrected chi connectivity index (χ4v) is 2.86. The quantitative estimate of drug-likeness (QED) is 0.711. The molecule has 0 saturated carbocycles. The molecule has 134 valence electrons. The van der Waals surface area contributed by atoms with Crippen molar-refractivity contribution in [2.24, 2.45) is 5.92 Å². The summed E-state index contributed by atoms with van der Waals surface area (Å²) in [6.07, 6.45) is 6.38. The number of carbonyl (C=O) groups is 1. The Morgan fingerprint density at radius 1 is 1.32 bits per heavy atom. The molecule has 0 N–H and O–H groups in total. The number of fused-ring (bicyclic) bond motifs is 1. The Bertz CT molecular complexity index is 687. The third kappa shape index (κ3) is 4.61. The van der Waals surface area contributed by atoms with Crippen molar-refractivity contribution in [1.29, 1.82) is 0 Å². The average Bonchev–Trinajstić information content (AvgIpc) is 2.97. The highest BCUT2D eigenvalue weighted by atomic mass is 16.5. The van der Waals surface area contributed by atoms with Crippen molar-refractivity contribution in [3.63, 3.8) is 0 Å². The number of likely N-dealkylation sites (N-methyl/N-ethyl adjacent to an activating group) is 1. The second-order valence-corrected chi connectivity index (χ2v) is 6.53. The summed E-state index contributed by atoms with van der Waals surface area (Å²) in [5.41, 5.74) is 1.38. The molecule has 3 rings (SSSR count). The summed E-state index contributed by atoms with van der Waals surface area (Å²) in [5, 5.41) is 4.38. The maximum Gasteiger partial charge on any atom is 0.274 e. The molecule has 8 heteroatoms. The van der Waals surface area contributed by atoms with Gasteiger partial charge in [0, 0.05) is 44.1 Å². The van der Waals surface area contributed by atoms with Crippen LogP contribution in [-0.2, 0) is 17.8 Å². The smallest absolute Gasteiger partial charge is 0.274 e.